The molecular weight excluding hydrogens is 496 g/mol. The van der Waals surface area contributed by atoms with Crippen molar-refractivity contribution >= 4 is 16.9 Å². The number of aliphatic hydroxyl groups is 4. The van der Waals surface area contributed by atoms with Gasteiger partial charge in [0.05, 0.1) is 37.7 Å². The molecule has 2 aromatic rings. The minimum Gasteiger partial charge on any atom is -0.478 e. The van der Waals surface area contributed by atoms with Crippen LogP contribution in [-0.2, 0) is 25.4 Å². The van der Waals surface area contributed by atoms with Gasteiger partial charge in [0.2, 0.25) is 6.29 Å². The summed E-state index contributed by atoms with van der Waals surface area (Å²) in [6.45, 7) is 4.20. The normalized spacial score (nSPS) is 37.2. The van der Waals surface area contributed by atoms with Crippen molar-refractivity contribution in [1.29, 1.82) is 0 Å². The van der Waals surface area contributed by atoms with Crippen molar-refractivity contribution < 1.29 is 49.4 Å². The number of aromatic nitrogens is 1. The van der Waals surface area contributed by atoms with Crippen LogP contribution in [0.2, 0.25) is 0 Å². The van der Waals surface area contributed by atoms with Gasteiger partial charge in [-0.05, 0) is 11.6 Å². The summed E-state index contributed by atoms with van der Waals surface area (Å²) in [6.07, 6.45) is -4.33. The Morgan fingerprint density at radius 2 is 1.97 bits per heavy atom. The van der Waals surface area contributed by atoms with Gasteiger partial charge in [0, 0.05) is 35.6 Å². The molecule has 7 N–H and O–H groups in total. The minimum atomic E-state index is -1.62. The summed E-state index contributed by atoms with van der Waals surface area (Å²) < 4.78 is 17.0. The van der Waals surface area contributed by atoms with Crippen molar-refractivity contribution in [3.8, 4) is 0 Å². The quantitative estimate of drug-likeness (QED) is 0.227. The maximum absolute atomic E-state index is 12.3. The lowest BCUT2D eigenvalue weighted by molar-refractivity contribution is -0.915. The van der Waals surface area contributed by atoms with Crippen LogP contribution in [0.4, 0.5) is 0 Å². The van der Waals surface area contributed by atoms with E-state index in [-0.39, 0.29) is 11.6 Å². The van der Waals surface area contributed by atoms with Crippen LogP contribution in [0, 0.1) is 11.8 Å². The highest BCUT2D eigenvalue weighted by molar-refractivity contribution is 5.87. The molecule has 1 saturated heterocycles. The average molecular weight is 532 g/mol. The van der Waals surface area contributed by atoms with Gasteiger partial charge in [-0.15, -0.1) is 6.58 Å². The number of carbonyl (C=O) groups is 1. The van der Waals surface area contributed by atoms with Gasteiger partial charge in [0.1, 0.15) is 30.5 Å². The van der Waals surface area contributed by atoms with Crippen LogP contribution in [0.15, 0.2) is 48.8 Å². The topological polar surface area (TPSA) is 166 Å². The number of H-pyrrole nitrogens is 1. The van der Waals surface area contributed by atoms with Crippen molar-refractivity contribution in [3.63, 3.8) is 0 Å². The van der Waals surface area contributed by atoms with E-state index in [2.05, 4.69) is 24.7 Å². The van der Waals surface area contributed by atoms with E-state index in [1.54, 1.807) is 6.08 Å². The molecule has 0 amide bonds. The number of ether oxygens (including phenoxy) is 3. The van der Waals surface area contributed by atoms with E-state index in [0.717, 1.165) is 30.4 Å². The summed E-state index contributed by atoms with van der Waals surface area (Å²) in [5.41, 5.74) is 3.45. The number of likely N-dealkylation sites (N-methyl/N-ethyl adjacent to an activating group) is 1. The van der Waals surface area contributed by atoms with E-state index in [1.165, 1.54) is 15.8 Å². The number of benzene rings is 1. The zero-order chi connectivity index (χ0) is 27.1. The van der Waals surface area contributed by atoms with Crippen LogP contribution >= 0.6 is 0 Å². The van der Waals surface area contributed by atoms with Gasteiger partial charge in [-0.1, -0.05) is 24.3 Å². The number of nitrogens with one attached hydrogen (secondary N) is 2. The van der Waals surface area contributed by atoms with Gasteiger partial charge >= 0.3 is 5.97 Å². The number of aliphatic hydroxyl groups excluding tert-OH is 4. The van der Waals surface area contributed by atoms with Gasteiger partial charge in [-0.2, -0.15) is 0 Å². The van der Waals surface area contributed by atoms with E-state index in [9.17, 15) is 30.3 Å². The molecule has 5 rings (SSSR count). The van der Waals surface area contributed by atoms with Crippen LogP contribution < -0.4 is 4.90 Å². The van der Waals surface area contributed by atoms with Crippen molar-refractivity contribution in [2.75, 3.05) is 20.2 Å². The number of fused-ring (bicyclic) bond motifs is 3. The minimum absolute atomic E-state index is 0.0349. The van der Waals surface area contributed by atoms with Gasteiger partial charge in [-0.25, -0.2) is 4.79 Å². The fourth-order valence-electron chi connectivity index (χ4n) is 6.02. The number of aromatic amines is 1. The summed E-state index contributed by atoms with van der Waals surface area (Å²) in [4.78, 5) is 17.1. The first-order valence-corrected chi connectivity index (χ1v) is 12.8. The highest BCUT2D eigenvalue weighted by atomic mass is 16.8. The van der Waals surface area contributed by atoms with E-state index < -0.39 is 61.4 Å². The third-order valence-corrected chi connectivity index (χ3v) is 8.19. The number of para-hydroxylation sites is 1. The SMILES string of the molecule is C=CC1C(OC2OC(CO)C(O)C(O)C2O)OC=C(C(=O)O)C1CC1c2[nH]c3ccccc3c2CC[NH+]1C. The molecule has 3 aliphatic rings. The lowest BCUT2D eigenvalue weighted by Crippen LogP contribution is -3.10. The second-order valence-corrected chi connectivity index (χ2v) is 10.3. The molecule has 11 heteroatoms. The summed E-state index contributed by atoms with van der Waals surface area (Å²) in [5, 5.41) is 51.4. The average Bonchev–Trinajstić information content (AvgIpc) is 3.29. The van der Waals surface area contributed by atoms with Crippen LogP contribution in [0.3, 0.4) is 0 Å². The Hall–Kier alpha value is -2.77. The van der Waals surface area contributed by atoms with E-state index >= 15 is 0 Å². The zero-order valence-corrected chi connectivity index (χ0v) is 21.1. The predicted octanol–water partition coefficient (Wildman–Crippen LogP) is -0.770. The Morgan fingerprint density at radius 3 is 2.68 bits per heavy atom. The highest BCUT2D eigenvalue weighted by Crippen LogP contribution is 2.40. The molecule has 1 fully saturated rings. The molecular formula is C27H35N2O9+. The molecule has 3 aliphatic heterocycles. The smallest absolute Gasteiger partial charge is 0.334 e. The summed E-state index contributed by atoms with van der Waals surface area (Å²) >= 11 is 0. The third-order valence-electron chi connectivity index (χ3n) is 8.19. The summed E-state index contributed by atoms with van der Waals surface area (Å²) in [5.74, 6) is -2.30. The summed E-state index contributed by atoms with van der Waals surface area (Å²) in [6, 6.07) is 8.08. The van der Waals surface area contributed by atoms with Crippen molar-refractivity contribution in [2.24, 2.45) is 11.8 Å². The number of hydrogen-bond acceptors (Lipinski definition) is 8. The number of quaternary nitrogens is 1. The van der Waals surface area contributed by atoms with Crippen LogP contribution in [0.1, 0.15) is 23.7 Å². The summed E-state index contributed by atoms with van der Waals surface area (Å²) in [7, 11) is 2.09. The van der Waals surface area contributed by atoms with E-state index in [4.69, 9.17) is 14.2 Å². The lowest BCUT2D eigenvalue weighted by Gasteiger charge is -2.43. The number of rotatable bonds is 7. The van der Waals surface area contributed by atoms with Gasteiger partial charge in [0.15, 0.2) is 6.29 Å². The first-order chi connectivity index (χ1) is 18.2. The fourth-order valence-corrected chi connectivity index (χ4v) is 6.02. The Bertz CT molecular complexity index is 1210. The van der Waals surface area contributed by atoms with Crippen molar-refractivity contribution in [1.82, 2.24) is 4.98 Å². The maximum Gasteiger partial charge on any atom is 0.334 e. The van der Waals surface area contributed by atoms with Crippen LogP contribution in [0.25, 0.3) is 10.9 Å². The second kappa shape index (κ2) is 10.8. The predicted molar refractivity (Wildman–Crippen MR) is 134 cm³/mol. The lowest BCUT2D eigenvalue weighted by atomic mass is 9.78. The number of carboxylic acids is 1. The zero-order valence-electron chi connectivity index (χ0n) is 21.1. The van der Waals surface area contributed by atoms with Gasteiger partial charge < -0.3 is 49.6 Å². The van der Waals surface area contributed by atoms with Gasteiger partial charge in [-0.3, -0.25) is 0 Å². The molecule has 1 aromatic carbocycles. The van der Waals surface area contributed by atoms with E-state index in [0.29, 0.717) is 6.42 Å². The molecule has 0 aliphatic carbocycles. The Balaban J connectivity index is 1.44. The molecule has 10 atom stereocenters. The monoisotopic (exact) mass is 531 g/mol. The molecule has 10 unspecified atom stereocenters. The standard InChI is InChI=1S/C27H34N2O9/c1-3-13-16(10-19-21-15(8-9-29(19)2)14-6-4-5-7-18(14)28-21)17(25(34)35)12-36-26(13)38-27-24(33)23(32)22(31)20(11-30)37-27/h3-7,12-13,16,19-20,22-24,26-28,30-33H,1,8-11H2,2H3,(H,34,35)/p+1. The van der Waals surface area contributed by atoms with Crippen LogP contribution in [-0.4, -0.2) is 93.7 Å². The number of aliphatic carboxylic acids is 1. The van der Waals surface area contributed by atoms with Crippen molar-refractivity contribution in [2.45, 2.75) is 55.9 Å². The van der Waals surface area contributed by atoms with Gasteiger partial charge in [0.25, 0.3) is 0 Å². The molecule has 0 radical (unpaired) electrons. The van der Waals surface area contributed by atoms with Crippen molar-refractivity contribution in [3.05, 3.63) is 60.0 Å². The molecule has 0 bridgehead atoms. The highest BCUT2D eigenvalue weighted by Gasteiger charge is 2.48. The first-order valence-electron chi connectivity index (χ1n) is 12.8. The molecule has 11 nitrogen and oxygen atoms in total. The molecule has 1 aromatic heterocycles. The molecule has 4 heterocycles. The molecule has 0 saturated carbocycles. The Kier molecular flexibility index (Phi) is 7.60. The van der Waals surface area contributed by atoms with Crippen LogP contribution in [0.5, 0.6) is 0 Å². The molecule has 206 valence electrons. The molecule has 38 heavy (non-hydrogen) atoms. The third kappa shape index (κ3) is 4.64. The Morgan fingerprint density at radius 1 is 1.21 bits per heavy atom. The maximum atomic E-state index is 12.3. The second-order valence-electron chi connectivity index (χ2n) is 10.3. The Labute approximate surface area is 219 Å². The first kappa shape index (κ1) is 26.8. The molecule has 0 spiro atoms. The van der Waals surface area contributed by atoms with E-state index in [1.807, 2.05) is 18.2 Å². The largest absolute Gasteiger partial charge is 0.478 e. The fraction of sp³-hybridized carbons (Fsp3) is 0.519. The number of carboxylic acid groups (broad SMARTS) is 1. The number of hydrogen-bond donors (Lipinski definition) is 7.